The lowest BCUT2D eigenvalue weighted by atomic mass is 9.97. The number of aryl methyl sites for hydroxylation is 4. The Morgan fingerprint density at radius 3 is 2.71 bits per heavy atom. The lowest BCUT2D eigenvalue weighted by Gasteiger charge is -2.15. The molecule has 4 aromatic rings. The Balaban J connectivity index is 1.62. The SMILES string of the molecule is COc1ccc(C)cc1NC(=O)Cn1c(-c2cccc(C)c2)nc2sc3c(c2c1=O)CCCC3. The maximum Gasteiger partial charge on any atom is 0.263 e. The summed E-state index contributed by atoms with van der Waals surface area (Å²) in [6.45, 7) is 3.82. The van der Waals surface area contributed by atoms with Gasteiger partial charge in [-0.15, -0.1) is 11.3 Å². The van der Waals surface area contributed by atoms with Gasteiger partial charge in [-0.1, -0.05) is 29.8 Å². The smallest absolute Gasteiger partial charge is 0.263 e. The number of amides is 1. The van der Waals surface area contributed by atoms with E-state index in [1.54, 1.807) is 18.4 Å². The maximum atomic E-state index is 13.8. The van der Waals surface area contributed by atoms with E-state index in [-0.39, 0.29) is 18.0 Å². The minimum absolute atomic E-state index is 0.132. The first-order valence-corrected chi connectivity index (χ1v) is 12.3. The van der Waals surface area contributed by atoms with Gasteiger partial charge in [0.25, 0.3) is 5.56 Å². The van der Waals surface area contributed by atoms with Crippen molar-refractivity contribution in [2.45, 2.75) is 46.1 Å². The summed E-state index contributed by atoms with van der Waals surface area (Å²) in [4.78, 5) is 34.0. The van der Waals surface area contributed by atoms with E-state index in [0.717, 1.165) is 52.8 Å². The molecule has 0 atom stereocenters. The van der Waals surface area contributed by atoms with Gasteiger partial charge in [-0.05, 0) is 68.9 Å². The standard InChI is InChI=1S/C27H27N3O3S/c1-16-7-6-8-18(13-16)25-29-26-24(19-9-4-5-10-22(19)34-26)27(32)30(25)15-23(31)28-20-14-17(2)11-12-21(20)33-3/h6-8,11-14H,4-5,9-10,15H2,1-3H3,(H,28,31). The molecule has 1 aliphatic carbocycles. The van der Waals surface area contributed by atoms with Crippen LogP contribution in [-0.2, 0) is 24.2 Å². The van der Waals surface area contributed by atoms with E-state index in [2.05, 4.69) is 5.32 Å². The van der Waals surface area contributed by atoms with Crippen molar-refractivity contribution in [2.75, 3.05) is 12.4 Å². The normalized spacial score (nSPS) is 13.0. The number of anilines is 1. The largest absolute Gasteiger partial charge is 0.495 e. The van der Waals surface area contributed by atoms with Gasteiger partial charge in [-0.25, -0.2) is 4.98 Å². The molecule has 7 heteroatoms. The van der Waals surface area contributed by atoms with Crippen molar-refractivity contribution in [3.8, 4) is 17.1 Å². The second-order valence-corrected chi connectivity index (χ2v) is 9.92. The average Bonchev–Trinajstić information content (AvgIpc) is 3.19. The molecule has 2 aromatic carbocycles. The summed E-state index contributed by atoms with van der Waals surface area (Å²) in [5, 5.41) is 3.60. The number of ether oxygens (including phenoxy) is 1. The summed E-state index contributed by atoms with van der Waals surface area (Å²) in [6.07, 6.45) is 4.09. The van der Waals surface area contributed by atoms with E-state index in [1.807, 2.05) is 56.3 Å². The second kappa shape index (κ2) is 9.06. The Morgan fingerprint density at radius 2 is 1.91 bits per heavy atom. The Bertz CT molecular complexity index is 1470. The molecule has 0 spiro atoms. The zero-order valence-corrected chi connectivity index (χ0v) is 20.4. The zero-order valence-electron chi connectivity index (χ0n) is 19.6. The van der Waals surface area contributed by atoms with Crippen LogP contribution in [0.5, 0.6) is 5.75 Å². The van der Waals surface area contributed by atoms with Gasteiger partial charge >= 0.3 is 0 Å². The molecule has 0 aliphatic heterocycles. The van der Waals surface area contributed by atoms with E-state index < -0.39 is 0 Å². The van der Waals surface area contributed by atoms with Crippen LogP contribution in [0, 0.1) is 13.8 Å². The van der Waals surface area contributed by atoms with E-state index in [1.165, 1.54) is 9.44 Å². The van der Waals surface area contributed by atoms with Crippen molar-refractivity contribution < 1.29 is 9.53 Å². The number of rotatable bonds is 5. The molecule has 2 aromatic heterocycles. The van der Waals surface area contributed by atoms with Gasteiger partial charge in [0.15, 0.2) is 0 Å². The highest BCUT2D eigenvalue weighted by Crippen LogP contribution is 2.35. The molecule has 0 bridgehead atoms. The molecule has 0 saturated heterocycles. The molecule has 6 nitrogen and oxygen atoms in total. The first-order chi connectivity index (χ1) is 16.4. The number of hydrogen-bond acceptors (Lipinski definition) is 5. The fourth-order valence-corrected chi connectivity index (χ4v) is 5.89. The van der Waals surface area contributed by atoms with Crippen LogP contribution in [0.25, 0.3) is 21.6 Å². The summed E-state index contributed by atoms with van der Waals surface area (Å²) in [5.74, 6) is 0.794. The lowest BCUT2D eigenvalue weighted by molar-refractivity contribution is -0.116. The van der Waals surface area contributed by atoms with E-state index in [9.17, 15) is 9.59 Å². The van der Waals surface area contributed by atoms with Gasteiger partial charge in [0.05, 0.1) is 18.2 Å². The topological polar surface area (TPSA) is 73.2 Å². The number of fused-ring (bicyclic) bond motifs is 3. The predicted octanol–water partition coefficient (Wildman–Crippen LogP) is 5.27. The van der Waals surface area contributed by atoms with E-state index >= 15 is 0 Å². The zero-order chi connectivity index (χ0) is 23.8. The van der Waals surface area contributed by atoms with Crippen molar-refractivity contribution in [3.05, 3.63) is 74.4 Å². The van der Waals surface area contributed by atoms with E-state index in [0.29, 0.717) is 22.6 Å². The number of benzene rings is 2. The van der Waals surface area contributed by atoms with Gasteiger partial charge in [0, 0.05) is 10.4 Å². The molecular formula is C27H27N3O3S. The van der Waals surface area contributed by atoms with Crippen LogP contribution >= 0.6 is 11.3 Å². The van der Waals surface area contributed by atoms with Crippen molar-refractivity contribution in [1.29, 1.82) is 0 Å². The van der Waals surface area contributed by atoms with Gasteiger partial charge in [0.1, 0.15) is 22.9 Å². The Labute approximate surface area is 202 Å². The Hall–Kier alpha value is -3.45. The van der Waals surface area contributed by atoms with Crippen LogP contribution in [0.2, 0.25) is 0 Å². The monoisotopic (exact) mass is 473 g/mol. The van der Waals surface area contributed by atoms with Crippen molar-refractivity contribution >= 4 is 33.1 Å². The molecule has 1 aliphatic rings. The number of nitrogens with one attached hydrogen (secondary N) is 1. The van der Waals surface area contributed by atoms with Crippen LogP contribution in [0.15, 0.2) is 47.3 Å². The molecule has 34 heavy (non-hydrogen) atoms. The van der Waals surface area contributed by atoms with Crippen LogP contribution in [0.1, 0.15) is 34.4 Å². The third kappa shape index (κ3) is 4.12. The highest BCUT2D eigenvalue weighted by Gasteiger charge is 2.23. The molecule has 174 valence electrons. The first-order valence-electron chi connectivity index (χ1n) is 11.5. The number of carbonyl (C=O) groups is 1. The van der Waals surface area contributed by atoms with Crippen LogP contribution in [0.4, 0.5) is 5.69 Å². The highest BCUT2D eigenvalue weighted by atomic mass is 32.1. The van der Waals surface area contributed by atoms with Crippen molar-refractivity contribution in [1.82, 2.24) is 9.55 Å². The quantitative estimate of drug-likeness (QED) is 0.429. The summed E-state index contributed by atoms with van der Waals surface area (Å²) < 4.78 is 6.92. The molecule has 2 heterocycles. The molecule has 1 N–H and O–H groups in total. The summed E-state index contributed by atoms with van der Waals surface area (Å²) in [5.41, 5.74) is 4.45. The maximum absolute atomic E-state index is 13.8. The van der Waals surface area contributed by atoms with E-state index in [4.69, 9.17) is 9.72 Å². The molecular weight excluding hydrogens is 446 g/mol. The fraction of sp³-hybridized carbons (Fsp3) is 0.296. The summed E-state index contributed by atoms with van der Waals surface area (Å²) in [7, 11) is 1.57. The van der Waals surface area contributed by atoms with Crippen LogP contribution in [0.3, 0.4) is 0 Å². The van der Waals surface area contributed by atoms with Crippen molar-refractivity contribution in [2.24, 2.45) is 0 Å². The number of nitrogens with zero attached hydrogens (tertiary/aromatic N) is 2. The lowest BCUT2D eigenvalue weighted by Crippen LogP contribution is -2.30. The van der Waals surface area contributed by atoms with Gasteiger partial charge in [-0.3, -0.25) is 14.2 Å². The average molecular weight is 474 g/mol. The molecule has 0 unspecified atom stereocenters. The number of thiophene rings is 1. The minimum Gasteiger partial charge on any atom is -0.495 e. The number of aromatic nitrogens is 2. The fourth-order valence-electron chi connectivity index (χ4n) is 4.64. The number of hydrogen-bond donors (Lipinski definition) is 1. The molecule has 0 fully saturated rings. The van der Waals surface area contributed by atoms with Crippen LogP contribution < -0.4 is 15.6 Å². The molecule has 0 radical (unpaired) electrons. The van der Waals surface area contributed by atoms with Crippen molar-refractivity contribution in [3.63, 3.8) is 0 Å². The molecule has 5 rings (SSSR count). The third-order valence-corrected chi connectivity index (χ3v) is 7.47. The van der Waals surface area contributed by atoms with Gasteiger partial charge in [-0.2, -0.15) is 0 Å². The third-order valence-electron chi connectivity index (χ3n) is 6.28. The molecule has 0 saturated carbocycles. The summed E-state index contributed by atoms with van der Waals surface area (Å²) in [6, 6.07) is 13.5. The Kier molecular flexibility index (Phi) is 5.96. The van der Waals surface area contributed by atoms with Gasteiger partial charge < -0.3 is 10.1 Å². The molecule has 1 amide bonds. The Morgan fingerprint density at radius 1 is 1.12 bits per heavy atom. The highest BCUT2D eigenvalue weighted by molar-refractivity contribution is 7.18. The number of methoxy groups -OCH3 is 1. The van der Waals surface area contributed by atoms with Crippen LogP contribution in [-0.4, -0.2) is 22.6 Å². The predicted molar refractivity (Wildman–Crippen MR) is 137 cm³/mol. The van der Waals surface area contributed by atoms with Gasteiger partial charge in [0.2, 0.25) is 5.91 Å². The summed E-state index contributed by atoms with van der Waals surface area (Å²) >= 11 is 1.62. The minimum atomic E-state index is -0.301. The number of carbonyl (C=O) groups excluding carboxylic acids is 1. The second-order valence-electron chi connectivity index (χ2n) is 8.84. The first kappa shape index (κ1) is 22.3.